The summed E-state index contributed by atoms with van der Waals surface area (Å²) in [5.74, 6) is 0.758. The first kappa shape index (κ1) is 20.2. The summed E-state index contributed by atoms with van der Waals surface area (Å²) in [6.45, 7) is 6.14. The second kappa shape index (κ2) is 8.75. The summed E-state index contributed by atoms with van der Waals surface area (Å²) in [6.07, 6.45) is 1.57. The van der Waals surface area contributed by atoms with E-state index in [9.17, 15) is 9.18 Å². The maximum Gasteiger partial charge on any atom is 0.241 e. The van der Waals surface area contributed by atoms with Gasteiger partial charge in [-0.2, -0.15) is 4.98 Å². The highest BCUT2D eigenvalue weighted by Gasteiger charge is 2.26. The summed E-state index contributed by atoms with van der Waals surface area (Å²) in [7, 11) is 0. The lowest BCUT2D eigenvalue weighted by atomic mass is 9.95. The van der Waals surface area contributed by atoms with E-state index in [4.69, 9.17) is 4.52 Å². The van der Waals surface area contributed by atoms with Crippen molar-refractivity contribution in [2.45, 2.75) is 33.2 Å². The van der Waals surface area contributed by atoms with Crippen molar-refractivity contribution in [3.63, 3.8) is 0 Å². The number of anilines is 1. The van der Waals surface area contributed by atoms with E-state index in [1.165, 1.54) is 12.1 Å². The lowest BCUT2D eigenvalue weighted by Gasteiger charge is -2.30. The molecule has 0 saturated carbocycles. The van der Waals surface area contributed by atoms with Crippen molar-refractivity contribution >= 4 is 11.6 Å². The molecule has 4 rings (SSSR count). The van der Waals surface area contributed by atoms with Crippen molar-refractivity contribution < 1.29 is 13.7 Å². The molecule has 0 radical (unpaired) electrons. The van der Waals surface area contributed by atoms with Gasteiger partial charge in [-0.1, -0.05) is 23.4 Å². The van der Waals surface area contributed by atoms with Gasteiger partial charge in [0.2, 0.25) is 17.6 Å². The Labute approximate surface area is 175 Å². The fourth-order valence-electron chi connectivity index (χ4n) is 3.82. The van der Waals surface area contributed by atoms with E-state index in [0.717, 1.165) is 42.7 Å². The van der Waals surface area contributed by atoms with Crippen molar-refractivity contribution in [2.24, 2.45) is 5.92 Å². The first-order valence-corrected chi connectivity index (χ1v) is 10.2. The molecule has 1 saturated heterocycles. The van der Waals surface area contributed by atoms with Crippen LogP contribution < -0.4 is 5.32 Å². The average Bonchev–Trinajstić information content (AvgIpc) is 3.20. The third-order valence-corrected chi connectivity index (χ3v) is 5.62. The van der Waals surface area contributed by atoms with Gasteiger partial charge in [0.1, 0.15) is 5.82 Å². The van der Waals surface area contributed by atoms with Crippen LogP contribution in [0.15, 0.2) is 47.0 Å². The molecule has 0 unspecified atom stereocenters. The Kier molecular flexibility index (Phi) is 5.90. The van der Waals surface area contributed by atoms with Gasteiger partial charge in [-0.15, -0.1) is 0 Å². The highest BCUT2D eigenvalue weighted by atomic mass is 19.1. The number of para-hydroxylation sites is 1. The number of benzene rings is 2. The molecule has 1 N–H and O–H groups in total. The van der Waals surface area contributed by atoms with E-state index < -0.39 is 0 Å². The molecular weight excluding hydrogens is 383 g/mol. The first-order chi connectivity index (χ1) is 14.5. The van der Waals surface area contributed by atoms with E-state index in [1.54, 1.807) is 12.1 Å². The predicted octanol–water partition coefficient (Wildman–Crippen LogP) is 4.34. The standard InChI is InChI=1S/C23H25FN4O2/c1-15-4-3-5-16(2)21(15)26-23(29)18-10-12-28(13-11-18)14-20-25-22(27-30-20)17-6-8-19(24)9-7-17/h3-9,18H,10-14H2,1-2H3,(H,26,29). The molecule has 2 heterocycles. The summed E-state index contributed by atoms with van der Waals surface area (Å²) in [5.41, 5.74) is 3.79. The van der Waals surface area contributed by atoms with E-state index >= 15 is 0 Å². The molecule has 3 aromatic rings. The Morgan fingerprint density at radius 3 is 2.47 bits per heavy atom. The normalized spacial score (nSPS) is 15.3. The van der Waals surface area contributed by atoms with Crippen molar-refractivity contribution in [3.8, 4) is 11.4 Å². The third kappa shape index (κ3) is 4.57. The number of hydrogen-bond acceptors (Lipinski definition) is 5. The van der Waals surface area contributed by atoms with Crippen LogP contribution in [0.5, 0.6) is 0 Å². The molecule has 1 fully saturated rings. The molecule has 1 amide bonds. The number of nitrogens with zero attached hydrogens (tertiary/aromatic N) is 3. The minimum Gasteiger partial charge on any atom is -0.338 e. The van der Waals surface area contributed by atoms with Gasteiger partial charge in [-0.3, -0.25) is 9.69 Å². The zero-order valence-corrected chi connectivity index (χ0v) is 17.2. The SMILES string of the molecule is Cc1cccc(C)c1NC(=O)C1CCN(Cc2nc(-c3ccc(F)cc3)no2)CC1. The lowest BCUT2D eigenvalue weighted by Crippen LogP contribution is -2.38. The second-order valence-corrected chi connectivity index (χ2v) is 7.83. The Morgan fingerprint density at radius 1 is 1.13 bits per heavy atom. The van der Waals surface area contributed by atoms with Gasteiger partial charge in [-0.05, 0) is 75.2 Å². The highest BCUT2D eigenvalue weighted by Crippen LogP contribution is 2.24. The van der Waals surface area contributed by atoms with Crippen LogP contribution in [0.2, 0.25) is 0 Å². The summed E-state index contributed by atoms with van der Waals surface area (Å²) in [4.78, 5) is 19.3. The largest absolute Gasteiger partial charge is 0.338 e. The van der Waals surface area contributed by atoms with Crippen molar-refractivity contribution in [1.29, 1.82) is 0 Å². The quantitative estimate of drug-likeness (QED) is 0.680. The maximum absolute atomic E-state index is 13.1. The monoisotopic (exact) mass is 408 g/mol. The summed E-state index contributed by atoms with van der Waals surface area (Å²) < 4.78 is 18.4. The number of carbonyl (C=O) groups is 1. The van der Waals surface area contributed by atoms with E-state index in [0.29, 0.717) is 23.8 Å². The number of likely N-dealkylation sites (tertiary alicyclic amines) is 1. The van der Waals surface area contributed by atoms with Crippen LogP contribution in [-0.2, 0) is 11.3 Å². The molecule has 30 heavy (non-hydrogen) atoms. The Hall–Kier alpha value is -3.06. The number of amides is 1. The Morgan fingerprint density at radius 2 is 1.80 bits per heavy atom. The smallest absolute Gasteiger partial charge is 0.241 e. The molecule has 0 aliphatic carbocycles. The number of nitrogens with one attached hydrogen (secondary N) is 1. The van der Waals surface area contributed by atoms with Crippen LogP contribution in [0.1, 0.15) is 29.9 Å². The number of halogens is 1. The van der Waals surface area contributed by atoms with Crippen LogP contribution >= 0.6 is 0 Å². The van der Waals surface area contributed by atoms with Gasteiger partial charge < -0.3 is 9.84 Å². The van der Waals surface area contributed by atoms with Crippen LogP contribution in [-0.4, -0.2) is 34.0 Å². The molecule has 0 spiro atoms. The van der Waals surface area contributed by atoms with Crippen LogP contribution in [0.4, 0.5) is 10.1 Å². The van der Waals surface area contributed by atoms with Gasteiger partial charge in [-0.25, -0.2) is 4.39 Å². The molecule has 0 atom stereocenters. The summed E-state index contributed by atoms with van der Waals surface area (Å²) >= 11 is 0. The van der Waals surface area contributed by atoms with Crippen molar-refractivity contribution in [2.75, 3.05) is 18.4 Å². The molecule has 1 aliphatic rings. The van der Waals surface area contributed by atoms with Crippen molar-refractivity contribution in [3.05, 3.63) is 65.3 Å². The van der Waals surface area contributed by atoms with Gasteiger partial charge in [0.25, 0.3) is 0 Å². The fraction of sp³-hybridized carbons (Fsp3) is 0.348. The lowest BCUT2D eigenvalue weighted by molar-refractivity contribution is -0.121. The topological polar surface area (TPSA) is 71.3 Å². The van der Waals surface area contributed by atoms with Crippen LogP contribution in [0.25, 0.3) is 11.4 Å². The van der Waals surface area contributed by atoms with E-state index in [1.807, 2.05) is 32.0 Å². The van der Waals surface area contributed by atoms with Crippen LogP contribution in [0.3, 0.4) is 0 Å². The van der Waals surface area contributed by atoms with Crippen molar-refractivity contribution in [1.82, 2.24) is 15.0 Å². The molecule has 156 valence electrons. The zero-order chi connectivity index (χ0) is 21.1. The first-order valence-electron chi connectivity index (χ1n) is 10.2. The number of rotatable bonds is 5. The van der Waals surface area contributed by atoms with Gasteiger partial charge in [0.05, 0.1) is 6.54 Å². The van der Waals surface area contributed by atoms with Crippen LogP contribution in [0, 0.1) is 25.6 Å². The molecule has 7 heteroatoms. The number of aromatic nitrogens is 2. The molecule has 1 aromatic heterocycles. The number of aryl methyl sites for hydroxylation is 2. The van der Waals surface area contributed by atoms with E-state index in [-0.39, 0.29) is 17.6 Å². The number of piperidine rings is 1. The minimum atomic E-state index is -0.299. The van der Waals surface area contributed by atoms with Gasteiger partial charge >= 0.3 is 0 Å². The second-order valence-electron chi connectivity index (χ2n) is 7.83. The predicted molar refractivity (Wildman–Crippen MR) is 112 cm³/mol. The minimum absolute atomic E-state index is 0.00211. The molecule has 1 aliphatic heterocycles. The number of hydrogen-bond donors (Lipinski definition) is 1. The van der Waals surface area contributed by atoms with Gasteiger partial charge in [0, 0.05) is 17.2 Å². The zero-order valence-electron chi connectivity index (χ0n) is 17.2. The number of carbonyl (C=O) groups excluding carboxylic acids is 1. The molecule has 6 nitrogen and oxygen atoms in total. The van der Waals surface area contributed by atoms with Gasteiger partial charge in [0.15, 0.2) is 0 Å². The maximum atomic E-state index is 13.1. The summed E-state index contributed by atoms with van der Waals surface area (Å²) in [6, 6.07) is 12.0. The fourth-order valence-corrected chi connectivity index (χ4v) is 3.82. The molecule has 0 bridgehead atoms. The third-order valence-electron chi connectivity index (χ3n) is 5.62. The molecular formula is C23H25FN4O2. The summed E-state index contributed by atoms with van der Waals surface area (Å²) in [5, 5.41) is 7.10. The molecule has 2 aromatic carbocycles. The Bertz CT molecular complexity index is 1000. The van der Waals surface area contributed by atoms with E-state index in [2.05, 4.69) is 20.4 Å². The Balaban J connectivity index is 1.31. The average molecular weight is 408 g/mol. The highest BCUT2D eigenvalue weighted by molar-refractivity contribution is 5.94.